The lowest BCUT2D eigenvalue weighted by atomic mass is 10.1. The van der Waals surface area contributed by atoms with Crippen molar-refractivity contribution in [2.75, 3.05) is 26.2 Å². The molecular weight excluding hydrogens is 416 g/mol. The molecule has 0 bridgehead atoms. The van der Waals surface area contributed by atoms with Crippen molar-refractivity contribution in [3.05, 3.63) is 71.8 Å². The van der Waals surface area contributed by atoms with Crippen LogP contribution in [0.4, 0.5) is 0 Å². The molecule has 34 heavy (non-hydrogen) atoms. The zero-order valence-corrected chi connectivity index (χ0v) is 21.9. The van der Waals surface area contributed by atoms with E-state index >= 15 is 0 Å². The Kier molecular flexibility index (Phi) is 14.8. The number of unbranched alkanes of at least 4 members (excludes halogenated alkanes) is 5. The van der Waals surface area contributed by atoms with Gasteiger partial charge in [0.2, 0.25) is 0 Å². The summed E-state index contributed by atoms with van der Waals surface area (Å²) in [6.45, 7) is 10.8. The van der Waals surface area contributed by atoms with Crippen molar-refractivity contribution >= 4 is 0 Å². The summed E-state index contributed by atoms with van der Waals surface area (Å²) in [5.41, 5.74) is 14.8. The van der Waals surface area contributed by atoms with E-state index in [9.17, 15) is 0 Å². The van der Waals surface area contributed by atoms with Gasteiger partial charge < -0.3 is 11.5 Å². The minimum absolute atomic E-state index is 0.271. The maximum atomic E-state index is 6.02. The average Bonchev–Trinajstić information content (AvgIpc) is 2.83. The topological polar surface area (TPSA) is 58.5 Å². The van der Waals surface area contributed by atoms with Crippen LogP contribution in [0, 0.1) is 0 Å². The fourth-order valence-electron chi connectivity index (χ4n) is 4.37. The zero-order valence-electron chi connectivity index (χ0n) is 21.9. The first kappa shape index (κ1) is 28.5. The number of hydrogen-bond acceptors (Lipinski definition) is 4. The van der Waals surface area contributed by atoms with Gasteiger partial charge in [0, 0.05) is 25.2 Å². The Balaban J connectivity index is 1.62. The summed E-state index contributed by atoms with van der Waals surface area (Å²) in [4.78, 5) is 5.16. The highest BCUT2D eigenvalue weighted by Gasteiger charge is 2.09. The molecule has 4 heteroatoms. The van der Waals surface area contributed by atoms with Gasteiger partial charge in [0.15, 0.2) is 0 Å². The number of benzene rings is 2. The highest BCUT2D eigenvalue weighted by atomic mass is 15.1. The second-order valence-corrected chi connectivity index (χ2v) is 10.2. The first-order valence-electron chi connectivity index (χ1n) is 13.6. The Hall–Kier alpha value is -1.72. The van der Waals surface area contributed by atoms with Gasteiger partial charge in [-0.2, -0.15) is 0 Å². The van der Waals surface area contributed by atoms with Crippen LogP contribution >= 0.6 is 0 Å². The molecule has 2 unspecified atom stereocenters. The maximum Gasteiger partial charge on any atom is 0.0233 e. The molecule has 0 radical (unpaired) electrons. The Morgan fingerprint density at radius 1 is 0.529 bits per heavy atom. The molecule has 2 aromatic carbocycles. The lowest BCUT2D eigenvalue weighted by Crippen LogP contribution is -2.30. The van der Waals surface area contributed by atoms with Gasteiger partial charge in [-0.15, -0.1) is 0 Å². The van der Waals surface area contributed by atoms with E-state index in [4.69, 9.17) is 11.5 Å². The van der Waals surface area contributed by atoms with E-state index in [0.717, 1.165) is 39.0 Å². The van der Waals surface area contributed by atoms with E-state index in [2.05, 4.69) is 84.3 Å². The standard InChI is InChI=1S/C30H50N4/c1-27(31)19-23-33(25-29-15-9-7-10-16-29)21-13-5-3-4-6-14-22-34(24-20-28(2)32)26-30-17-11-8-12-18-30/h7-12,15-18,27-28H,3-6,13-14,19-26,31-32H2,1-2H3. The molecule has 0 fully saturated rings. The first-order valence-corrected chi connectivity index (χ1v) is 13.6. The van der Waals surface area contributed by atoms with E-state index in [0.29, 0.717) is 0 Å². The molecule has 0 amide bonds. The Morgan fingerprint density at radius 3 is 1.24 bits per heavy atom. The Morgan fingerprint density at radius 2 is 0.882 bits per heavy atom. The summed E-state index contributed by atoms with van der Waals surface area (Å²) >= 11 is 0. The highest BCUT2D eigenvalue weighted by molar-refractivity contribution is 5.15. The van der Waals surface area contributed by atoms with Crippen molar-refractivity contribution < 1.29 is 0 Å². The normalized spacial score (nSPS) is 13.5. The van der Waals surface area contributed by atoms with Gasteiger partial charge in [-0.05, 0) is 76.8 Å². The van der Waals surface area contributed by atoms with Gasteiger partial charge >= 0.3 is 0 Å². The molecule has 0 saturated carbocycles. The lowest BCUT2D eigenvalue weighted by molar-refractivity contribution is 0.246. The Labute approximate surface area is 209 Å². The predicted molar refractivity (Wildman–Crippen MR) is 148 cm³/mol. The summed E-state index contributed by atoms with van der Waals surface area (Å²) in [5.74, 6) is 0. The van der Waals surface area contributed by atoms with Crippen molar-refractivity contribution in [1.82, 2.24) is 9.80 Å². The van der Waals surface area contributed by atoms with Gasteiger partial charge in [0.05, 0.1) is 0 Å². The van der Waals surface area contributed by atoms with Crippen molar-refractivity contribution in [2.24, 2.45) is 11.5 Å². The van der Waals surface area contributed by atoms with Gasteiger partial charge in [-0.25, -0.2) is 0 Å². The lowest BCUT2D eigenvalue weighted by Gasteiger charge is -2.24. The van der Waals surface area contributed by atoms with E-state index in [-0.39, 0.29) is 12.1 Å². The van der Waals surface area contributed by atoms with E-state index in [1.165, 1.54) is 62.7 Å². The van der Waals surface area contributed by atoms with Crippen LogP contribution in [-0.4, -0.2) is 48.1 Å². The summed E-state index contributed by atoms with van der Waals surface area (Å²) in [6, 6.07) is 22.2. The van der Waals surface area contributed by atoms with Crippen LogP contribution < -0.4 is 11.5 Å². The summed E-state index contributed by atoms with van der Waals surface area (Å²) in [6.07, 6.45) is 10.0. The number of nitrogens with two attached hydrogens (primary N) is 2. The summed E-state index contributed by atoms with van der Waals surface area (Å²) in [5, 5.41) is 0. The second kappa shape index (κ2) is 17.7. The minimum atomic E-state index is 0.271. The molecule has 0 aliphatic rings. The predicted octanol–water partition coefficient (Wildman–Crippen LogP) is 5.81. The molecule has 2 rings (SSSR count). The monoisotopic (exact) mass is 466 g/mol. The molecule has 0 heterocycles. The average molecular weight is 467 g/mol. The molecule has 0 saturated heterocycles. The van der Waals surface area contributed by atoms with Gasteiger partial charge in [-0.1, -0.05) is 86.3 Å². The number of nitrogens with zero attached hydrogens (tertiary/aromatic N) is 2. The van der Waals surface area contributed by atoms with Crippen LogP contribution in [0.1, 0.15) is 76.3 Å². The van der Waals surface area contributed by atoms with Gasteiger partial charge in [0.1, 0.15) is 0 Å². The zero-order chi connectivity index (χ0) is 24.4. The molecule has 190 valence electrons. The molecule has 2 atom stereocenters. The van der Waals surface area contributed by atoms with E-state index < -0.39 is 0 Å². The number of hydrogen-bond donors (Lipinski definition) is 2. The molecule has 0 aliphatic carbocycles. The van der Waals surface area contributed by atoms with Crippen LogP contribution in [-0.2, 0) is 13.1 Å². The third-order valence-corrected chi connectivity index (χ3v) is 6.50. The molecule has 0 aliphatic heterocycles. The molecule has 4 N–H and O–H groups in total. The van der Waals surface area contributed by atoms with Crippen molar-refractivity contribution in [1.29, 1.82) is 0 Å². The molecule has 0 spiro atoms. The fraction of sp³-hybridized carbons (Fsp3) is 0.600. The molecule has 0 aromatic heterocycles. The van der Waals surface area contributed by atoms with Gasteiger partial charge in [0.25, 0.3) is 0 Å². The Bertz CT molecular complexity index is 654. The van der Waals surface area contributed by atoms with Crippen molar-refractivity contribution in [3.8, 4) is 0 Å². The van der Waals surface area contributed by atoms with Crippen LogP contribution in [0.15, 0.2) is 60.7 Å². The third-order valence-electron chi connectivity index (χ3n) is 6.50. The summed E-state index contributed by atoms with van der Waals surface area (Å²) in [7, 11) is 0. The largest absolute Gasteiger partial charge is 0.328 e. The van der Waals surface area contributed by atoms with Crippen LogP contribution in [0.5, 0.6) is 0 Å². The molecular formula is C30H50N4. The molecule has 4 nitrogen and oxygen atoms in total. The minimum Gasteiger partial charge on any atom is -0.328 e. The third kappa shape index (κ3) is 13.9. The van der Waals surface area contributed by atoms with E-state index in [1.54, 1.807) is 0 Å². The SMILES string of the molecule is CC(N)CCN(CCCCCCCCN(CCC(C)N)Cc1ccccc1)Cc1ccccc1. The maximum absolute atomic E-state index is 6.02. The highest BCUT2D eigenvalue weighted by Crippen LogP contribution is 2.12. The van der Waals surface area contributed by atoms with Crippen LogP contribution in [0.3, 0.4) is 0 Å². The van der Waals surface area contributed by atoms with Gasteiger partial charge in [-0.3, -0.25) is 9.80 Å². The van der Waals surface area contributed by atoms with Crippen molar-refractivity contribution in [2.45, 2.75) is 90.4 Å². The van der Waals surface area contributed by atoms with Crippen LogP contribution in [0.25, 0.3) is 0 Å². The second-order valence-electron chi connectivity index (χ2n) is 10.2. The smallest absolute Gasteiger partial charge is 0.0233 e. The van der Waals surface area contributed by atoms with E-state index in [1.807, 2.05) is 0 Å². The van der Waals surface area contributed by atoms with Crippen molar-refractivity contribution in [3.63, 3.8) is 0 Å². The van der Waals surface area contributed by atoms with Crippen LogP contribution in [0.2, 0.25) is 0 Å². The quantitative estimate of drug-likeness (QED) is 0.257. The number of rotatable bonds is 19. The molecule has 2 aromatic rings. The first-order chi connectivity index (χ1) is 16.5. The fourth-order valence-corrected chi connectivity index (χ4v) is 4.37. The summed E-state index contributed by atoms with van der Waals surface area (Å²) < 4.78 is 0.